The number of nitrogens with one attached hydrogen (secondary N) is 1. The molecule has 1 atom stereocenters. The predicted octanol–water partition coefficient (Wildman–Crippen LogP) is 3.53. The summed E-state index contributed by atoms with van der Waals surface area (Å²) >= 11 is 0. The number of likely N-dealkylation sites (tertiary alicyclic amines) is 2. The second-order valence-corrected chi connectivity index (χ2v) is 7.89. The lowest BCUT2D eigenvalue weighted by molar-refractivity contribution is -0.121. The molecular formula is C23H28N4O3. The third-order valence-corrected chi connectivity index (χ3v) is 5.65. The number of aromatic nitrogens is 1. The fourth-order valence-corrected chi connectivity index (χ4v) is 4.02. The van der Waals surface area contributed by atoms with Crippen molar-refractivity contribution in [2.75, 3.05) is 31.5 Å². The molecule has 0 spiro atoms. The van der Waals surface area contributed by atoms with Crippen LogP contribution < -0.4 is 10.1 Å². The second kappa shape index (κ2) is 9.61. The molecule has 0 aliphatic carbocycles. The zero-order chi connectivity index (χ0) is 20.8. The van der Waals surface area contributed by atoms with E-state index in [0.29, 0.717) is 24.6 Å². The van der Waals surface area contributed by atoms with Crippen LogP contribution in [0.25, 0.3) is 0 Å². The number of carbonyl (C=O) groups excluding carboxylic acids is 2. The summed E-state index contributed by atoms with van der Waals surface area (Å²) in [7, 11) is 0. The second-order valence-electron chi connectivity index (χ2n) is 7.89. The van der Waals surface area contributed by atoms with E-state index >= 15 is 0 Å². The largest absolute Gasteiger partial charge is 0.487 e. The Morgan fingerprint density at radius 1 is 1.03 bits per heavy atom. The van der Waals surface area contributed by atoms with E-state index in [1.54, 1.807) is 6.20 Å². The highest BCUT2D eigenvalue weighted by Crippen LogP contribution is 2.23. The van der Waals surface area contributed by atoms with Crippen LogP contribution in [-0.2, 0) is 11.4 Å². The molecule has 2 aliphatic rings. The van der Waals surface area contributed by atoms with Gasteiger partial charge in [0, 0.05) is 44.1 Å². The fourth-order valence-electron chi connectivity index (χ4n) is 4.02. The minimum Gasteiger partial charge on any atom is -0.487 e. The number of hydrogen-bond donors (Lipinski definition) is 1. The van der Waals surface area contributed by atoms with E-state index in [-0.39, 0.29) is 17.9 Å². The number of piperidine rings is 1. The molecule has 0 unspecified atom stereocenters. The Bertz CT molecular complexity index is 868. The molecule has 1 N–H and O–H groups in total. The highest BCUT2D eigenvalue weighted by atomic mass is 16.5. The number of urea groups is 1. The van der Waals surface area contributed by atoms with Gasteiger partial charge in [0.05, 0.1) is 11.6 Å². The van der Waals surface area contributed by atoms with E-state index in [4.69, 9.17) is 4.74 Å². The number of nitrogens with zero attached hydrogens (tertiary/aromatic N) is 3. The summed E-state index contributed by atoms with van der Waals surface area (Å²) in [4.78, 5) is 33.5. The van der Waals surface area contributed by atoms with Crippen molar-refractivity contribution in [1.29, 1.82) is 0 Å². The standard InChI is InChI=1S/C23H28N4O3/c28-22(18-7-6-14-27(16-18)23(29)26-12-3-4-13-26)25-19-9-5-10-21(15-19)30-17-20-8-1-2-11-24-20/h1-2,5,8-11,15,18H,3-4,6-7,12-14,16-17H2,(H,25,28)/t18-/m1/s1. The summed E-state index contributed by atoms with van der Waals surface area (Å²) in [5, 5.41) is 2.99. The lowest BCUT2D eigenvalue weighted by Gasteiger charge is -2.34. The first-order valence-corrected chi connectivity index (χ1v) is 10.7. The summed E-state index contributed by atoms with van der Waals surface area (Å²) in [6.45, 7) is 3.25. The van der Waals surface area contributed by atoms with Crippen molar-refractivity contribution < 1.29 is 14.3 Å². The summed E-state index contributed by atoms with van der Waals surface area (Å²) in [6, 6.07) is 13.1. The van der Waals surface area contributed by atoms with Gasteiger partial charge in [-0.05, 0) is 49.9 Å². The molecule has 7 nitrogen and oxygen atoms in total. The third-order valence-electron chi connectivity index (χ3n) is 5.65. The SMILES string of the molecule is O=C(Nc1cccc(OCc2ccccn2)c1)[C@@H]1CCCN(C(=O)N2CCCC2)C1. The molecule has 1 aromatic carbocycles. The maximum Gasteiger partial charge on any atom is 0.320 e. The molecule has 2 fully saturated rings. The maximum absolute atomic E-state index is 12.8. The van der Waals surface area contributed by atoms with Crippen LogP contribution in [0.2, 0.25) is 0 Å². The van der Waals surface area contributed by atoms with Crippen LogP contribution in [0.1, 0.15) is 31.4 Å². The molecule has 1 aromatic heterocycles. The summed E-state index contributed by atoms with van der Waals surface area (Å²) in [6.07, 6.45) is 5.53. The van der Waals surface area contributed by atoms with Gasteiger partial charge in [0.2, 0.25) is 5.91 Å². The topological polar surface area (TPSA) is 74.8 Å². The lowest BCUT2D eigenvalue weighted by atomic mass is 9.97. The highest BCUT2D eigenvalue weighted by Gasteiger charge is 2.31. The zero-order valence-corrected chi connectivity index (χ0v) is 17.1. The molecule has 3 heterocycles. The number of amides is 3. The summed E-state index contributed by atoms with van der Waals surface area (Å²) in [5.74, 6) is 0.437. The minimum absolute atomic E-state index is 0.0456. The number of carbonyl (C=O) groups is 2. The quantitative estimate of drug-likeness (QED) is 0.821. The van der Waals surface area contributed by atoms with E-state index in [1.165, 1.54) is 0 Å². The first-order valence-electron chi connectivity index (χ1n) is 10.7. The number of ether oxygens (including phenoxy) is 1. The summed E-state index contributed by atoms with van der Waals surface area (Å²) < 4.78 is 5.79. The Balaban J connectivity index is 1.32. The molecule has 158 valence electrons. The number of benzene rings is 1. The fraction of sp³-hybridized carbons (Fsp3) is 0.435. The van der Waals surface area contributed by atoms with Crippen LogP contribution in [0.5, 0.6) is 5.75 Å². The number of pyridine rings is 1. The monoisotopic (exact) mass is 408 g/mol. The minimum atomic E-state index is -0.191. The van der Waals surface area contributed by atoms with Gasteiger partial charge in [-0.1, -0.05) is 12.1 Å². The van der Waals surface area contributed by atoms with Gasteiger partial charge in [-0.25, -0.2) is 4.79 Å². The molecule has 2 aromatic rings. The van der Waals surface area contributed by atoms with Crippen LogP contribution in [0.15, 0.2) is 48.7 Å². The van der Waals surface area contributed by atoms with Crippen LogP contribution in [-0.4, -0.2) is 52.9 Å². The first-order chi connectivity index (χ1) is 14.7. The Morgan fingerprint density at radius 3 is 2.67 bits per heavy atom. The van der Waals surface area contributed by atoms with Crippen molar-refractivity contribution in [3.05, 3.63) is 54.4 Å². The van der Waals surface area contributed by atoms with Gasteiger partial charge < -0.3 is 19.9 Å². The molecule has 30 heavy (non-hydrogen) atoms. The van der Waals surface area contributed by atoms with Gasteiger partial charge in [-0.2, -0.15) is 0 Å². The highest BCUT2D eigenvalue weighted by molar-refractivity contribution is 5.93. The van der Waals surface area contributed by atoms with Crippen LogP contribution in [0.3, 0.4) is 0 Å². The van der Waals surface area contributed by atoms with Crippen LogP contribution in [0.4, 0.5) is 10.5 Å². The van der Waals surface area contributed by atoms with Gasteiger partial charge in [-0.15, -0.1) is 0 Å². The molecule has 0 saturated carbocycles. The Labute approximate surface area is 177 Å². The number of hydrogen-bond acceptors (Lipinski definition) is 4. The van der Waals surface area contributed by atoms with Gasteiger partial charge in [0.1, 0.15) is 12.4 Å². The first kappa shape index (κ1) is 20.2. The van der Waals surface area contributed by atoms with Crippen LogP contribution in [0, 0.1) is 5.92 Å². The average Bonchev–Trinajstić information content (AvgIpc) is 3.33. The van der Waals surface area contributed by atoms with Gasteiger partial charge >= 0.3 is 6.03 Å². The Hall–Kier alpha value is -3.09. The molecule has 2 aliphatic heterocycles. The lowest BCUT2D eigenvalue weighted by Crippen LogP contribution is -2.48. The van der Waals surface area contributed by atoms with E-state index in [9.17, 15) is 9.59 Å². The van der Waals surface area contributed by atoms with E-state index in [1.807, 2.05) is 52.3 Å². The molecule has 3 amide bonds. The van der Waals surface area contributed by atoms with Crippen molar-refractivity contribution in [3.63, 3.8) is 0 Å². The molecule has 7 heteroatoms. The van der Waals surface area contributed by atoms with E-state index in [0.717, 1.165) is 51.0 Å². The molecule has 4 rings (SSSR count). The van der Waals surface area contributed by atoms with Gasteiger partial charge in [-0.3, -0.25) is 9.78 Å². The number of rotatable bonds is 5. The number of anilines is 1. The molecule has 2 saturated heterocycles. The summed E-state index contributed by atoms with van der Waals surface area (Å²) in [5.41, 5.74) is 1.54. The smallest absolute Gasteiger partial charge is 0.320 e. The molecule has 0 bridgehead atoms. The normalized spacial score (nSPS) is 18.9. The van der Waals surface area contributed by atoms with Gasteiger partial charge in [0.15, 0.2) is 0 Å². The van der Waals surface area contributed by atoms with Gasteiger partial charge in [0.25, 0.3) is 0 Å². The zero-order valence-electron chi connectivity index (χ0n) is 17.1. The van der Waals surface area contributed by atoms with E-state index in [2.05, 4.69) is 10.3 Å². The average molecular weight is 409 g/mol. The van der Waals surface area contributed by atoms with Crippen molar-refractivity contribution in [2.24, 2.45) is 5.92 Å². The molecule has 0 radical (unpaired) electrons. The predicted molar refractivity (Wildman–Crippen MR) is 114 cm³/mol. The van der Waals surface area contributed by atoms with Crippen molar-refractivity contribution in [3.8, 4) is 5.75 Å². The van der Waals surface area contributed by atoms with Crippen LogP contribution >= 0.6 is 0 Å². The third kappa shape index (κ3) is 5.09. The van der Waals surface area contributed by atoms with Crippen molar-refractivity contribution >= 4 is 17.6 Å². The van der Waals surface area contributed by atoms with Crippen molar-refractivity contribution in [1.82, 2.24) is 14.8 Å². The van der Waals surface area contributed by atoms with E-state index < -0.39 is 0 Å². The maximum atomic E-state index is 12.8. The molecular weight excluding hydrogens is 380 g/mol. The van der Waals surface area contributed by atoms with Crippen molar-refractivity contribution in [2.45, 2.75) is 32.3 Å². The Kier molecular flexibility index (Phi) is 6.47. The Morgan fingerprint density at radius 2 is 1.87 bits per heavy atom.